The zero-order valence-electron chi connectivity index (χ0n) is 11.7. The van der Waals surface area contributed by atoms with E-state index in [0.717, 1.165) is 17.7 Å². The zero-order valence-corrected chi connectivity index (χ0v) is 13.4. The lowest BCUT2D eigenvalue weighted by Gasteiger charge is -2.29. The van der Waals surface area contributed by atoms with E-state index in [4.69, 9.17) is 0 Å². The first-order valence-electron chi connectivity index (χ1n) is 7.16. The fourth-order valence-electron chi connectivity index (χ4n) is 3.14. The van der Waals surface area contributed by atoms with Crippen LogP contribution in [0.5, 0.6) is 5.75 Å². The van der Waals surface area contributed by atoms with Crippen LogP contribution in [0.2, 0.25) is 0 Å². The maximum Gasteiger partial charge on any atom is 0.230 e. The zero-order chi connectivity index (χ0) is 13.9. The number of carbonyl (C=O) groups excluding carboxylic acids is 1. The summed E-state index contributed by atoms with van der Waals surface area (Å²) in [5.74, 6) is 0.794. The number of hydrogen-bond donors (Lipinski definition) is 3. The second kappa shape index (κ2) is 7.38. The van der Waals surface area contributed by atoms with Gasteiger partial charge in [-0.25, -0.2) is 0 Å². The van der Waals surface area contributed by atoms with Gasteiger partial charge in [0.2, 0.25) is 5.91 Å². The van der Waals surface area contributed by atoms with Crippen molar-refractivity contribution in [2.75, 3.05) is 5.75 Å². The third-order valence-electron chi connectivity index (χ3n) is 4.04. The van der Waals surface area contributed by atoms with Crippen LogP contribution in [0.15, 0.2) is 29.2 Å². The largest absolute Gasteiger partial charge is 0.508 e. The number of halogens is 1. The Morgan fingerprint density at radius 3 is 2.48 bits per heavy atom. The number of benzene rings is 1. The molecule has 6 heteroatoms. The van der Waals surface area contributed by atoms with Crippen molar-refractivity contribution in [3.63, 3.8) is 0 Å². The highest BCUT2D eigenvalue weighted by atomic mass is 35.5. The Balaban J connectivity index is 0.00000161. The molecule has 0 radical (unpaired) electrons. The van der Waals surface area contributed by atoms with E-state index in [2.05, 4.69) is 10.6 Å². The molecule has 2 aliphatic rings. The molecule has 2 atom stereocenters. The smallest absolute Gasteiger partial charge is 0.230 e. The first-order valence-corrected chi connectivity index (χ1v) is 8.15. The number of thioether (sulfide) groups is 1. The standard InChI is InChI=1S/C15H20N2O2S.ClH/c18-13-3-5-14(6-4-13)20-9-15(19)17-12-7-10-1-2-11(8-12)16-10;/h3-6,10-12,16,18H,1-2,7-9H2,(H,17,19);1H. The number of rotatable bonds is 4. The van der Waals surface area contributed by atoms with Gasteiger partial charge in [-0.1, -0.05) is 0 Å². The van der Waals surface area contributed by atoms with Crippen molar-refractivity contribution in [1.29, 1.82) is 0 Å². The third-order valence-corrected chi connectivity index (χ3v) is 5.06. The minimum Gasteiger partial charge on any atom is -0.508 e. The summed E-state index contributed by atoms with van der Waals surface area (Å²) in [6.07, 6.45) is 4.62. The van der Waals surface area contributed by atoms with Crippen LogP contribution in [-0.2, 0) is 4.79 Å². The van der Waals surface area contributed by atoms with Crippen molar-refractivity contribution >= 4 is 30.1 Å². The lowest BCUT2D eigenvalue weighted by Crippen LogP contribution is -2.48. The summed E-state index contributed by atoms with van der Waals surface area (Å²) in [5, 5.41) is 15.9. The van der Waals surface area contributed by atoms with Crippen LogP contribution in [0.25, 0.3) is 0 Å². The molecular weight excluding hydrogens is 308 g/mol. The van der Waals surface area contributed by atoms with Gasteiger partial charge < -0.3 is 15.7 Å². The number of piperidine rings is 1. The Hall–Kier alpha value is -0.910. The Morgan fingerprint density at radius 2 is 1.86 bits per heavy atom. The van der Waals surface area contributed by atoms with Crippen molar-refractivity contribution in [3.05, 3.63) is 24.3 Å². The van der Waals surface area contributed by atoms with Gasteiger partial charge in [-0.15, -0.1) is 24.2 Å². The monoisotopic (exact) mass is 328 g/mol. The normalized spacial score (nSPS) is 27.0. The van der Waals surface area contributed by atoms with E-state index in [0.29, 0.717) is 23.9 Å². The number of nitrogens with one attached hydrogen (secondary N) is 2. The number of phenolic OH excluding ortho intramolecular Hbond substituents is 1. The molecule has 21 heavy (non-hydrogen) atoms. The summed E-state index contributed by atoms with van der Waals surface area (Å²) in [5.41, 5.74) is 0. The molecule has 116 valence electrons. The molecule has 2 aliphatic heterocycles. The Labute approximate surface area is 135 Å². The molecule has 3 N–H and O–H groups in total. The Kier molecular flexibility index (Phi) is 5.79. The number of aromatic hydroxyl groups is 1. The number of fused-ring (bicyclic) bond motifs is 2. The Bertz CT molecular complexity index is 471. The van der Waals surface area contributed by atoms with Crippen LogP contribution in [0.4, 0.5) is 0 Å². The topological polar surface area (TPSA) is 61.4 Å². The van der Waals surface area contributed by atoms with E-state index in [1.807, 2.05) is 12.1 Å². The van der Waals surface area contributed by atoms with Crippen molar-refractivity contribution in [2.45, 2.75) is 48.7 Å². The lowest BCUT2D eigenvalue weighted by molar-refractivity contribution is -0.119. The summed E-state index contributed by atoms with van der Waals surface area (Å²) >= 11 is 1.50. The first-order chi connectivity index (χ1) is 9.69. The maximum absolute atomic E-state index is 12.0. The molecule has 3 rings (SSSR count). The number of phenols is 1. The highest BCUT2D eigenvalue weighted by molar-refractivity contribution is 8.00. The fraction of sp³-hybridized carbons (Fsp3) is 0.533. The molecular formula is C15H21ClN2O2S. The van der Waals surface area contributed by atoms with Crippen molar-refractivity contribution in [1.82, 2.24) is 10.6 Å². The Morgan fingerprint density at radius 1 is 1.24 bits per heavy atom. The molecule has 0 spiro atoms. The van der Waals surface area contributed by atoms with E-state index in [9.17, 15) is 9.90 Å². The molecule has 1 aromatic rings. The highest BCUT2D eigenvalue weighted by Crippen LogP contribution is 2.27. The summed E-state index contributed by atoms with van der Waals surface area (Å²) in [6, 6.07) is 8.49. The van der Waals surface area contributed by atoms with Gasteiger partial charge in [0.15, 0.2) is 0 Å². The quantitative estimate of drug-likeness (QED) is 0.742. The van der Waals surface area contributed by atoms with Crippen molar-refractivity contribution < 1.29 is 9.90 Å². The van der Waals surface area contributed by atoms with Gasteiger partial charge in [0, 0.05) is 23.0 Å². The van der Waals surface area contributed by atoms with Gasteiger partial charge in [0.1, 0.15) is 5.75 Å². The average Bonchev–Trinajstić information content (AvgIpc) is 2.77. The molecule has 0 saturated carbocycles. The van der Waals surface area contributed by atoms with E-state index in [-0.39, 0.29) is 24.1 Å². The van der Waals surface area contributed by atoms with Crippen molar-refractivity contribution in [3.8, 4) is 5.75 Å². The first kappa shape index (κ1) is 16.5. The van der Waals surface area contributed by atoms with Gasteiger partial charge in [-0.05, 0) is 49.9 Å². The summed E-state index contributed by atoms with van der Waals surface area (Å²) in [7, 11) is 0. The van der Waals surface area contributed by atoms with Gasteiger partial charge in [0.25, 0.3) is 0 Å². The van der Waals surface area contributed by atoms with Gasteiger partial charge in [-0.3, -0.25) is 4.79 Å². The molecule has 4 nitrogen and oxygen atoms in total. The minimum absolute atomic E-state index is 0. The predicted octanol–water partition coefficient (Wildman–Crippen LogP) is 2.31. The SMILES string of the molecule is Cl.O=C(CSc1ccc(O)cc1)NC1CC2CCC(C1)N2. The van der Waals surface area contributed by atoms with Crippen molar-refractivity contribution in [2.24, 2.45) is 0 Å². The fourth-order valence-corrected chi connectivity index (χ4v) is 3.85. The van der Waals surface area contributed by atoms with E-state index in [1.165, 1.54) is 24.6 Å². The summed E-state index contributed by atoms with van der Waals surface area (Å²) < 4.78 is 0. The molecule has 2 fully saturated rings. The molecule has 0 aliphatic carbocycles. The number of hydrogen-bond acceptors (Lipinski definition) is 4. The summed E-state index contributed by atoms with van der Waals surface area (Å²) in [6.45, 7) is 0. The van der Waals surface area contributed by atoms with Crippen LogP contribution in [0.1, 0.15) is 25.7 Å². The molecule has 2 saturated heterocycles. The summed E-state index contributed by atoms with van der Waals surface area (Å²) in [4.78, 5) is 13.0. The molecule has 0 aromatic heterocycles. The van der Waals surface area contributed by atoms with Gasteiger partial charge in [0.05, 0.1) is 5.75 Å². The van der Waals surface area contributed by atoms with E-state index in [1.54, 1.807) is 12.1 Å². The molecule has 1 aromatic carbocycles. The second-order valence-electron chi connectivity index (χ2n) is 5.66. The van der Waals surface area contributed by atoms with Crippen LogP contribution in [0.3, 0.4) is 0 Å². The number of amides is 1. The predicted molar refractivity (Wildman–Crippen MR) is 87.2 cm³/mol. The van der Waals surface area contributed by atoms with Crippen LogP contribution < -0.4 is 10.6 Å². The molecule has 1 amide bonds. The molecule has 2 bridgehead atoms. The van der Waals surface area contributed by atoms with Crippen LogP contribution in [0, 0.1) is 0 Å². The van der Waals surface area contributed by atoms with E-state index < -0.39 is 0 Å². The third kappa shape index (κ3) is 4.53. The van der Waals surface area contributed by atoms with Gasteiger partial charge >= 0.3 is 0 Å². The highest BCUT2D eigenvalue weighted by Gasteiger charge is 2.33. The van der Waals surface area contributed by atoms with Gasteiger partial charge in [-0.2, -0.15) is 0 Å². The lowest BCUT2D eigenvalue weighted by atomic mass is 10.00. The van der Waals surface area contributed by atoms with Crippen LogP contribution in [-0.4, -0.2) is 34.9 Å². The second-order valence-corrected chi connectivity index (χ2v) is 6.71. The van der Waals surface area contributed by atoms with Crippen LogP contribution >= 0.6 is 24.2 Å². The van der Waals surface area contributed by atoms with E-state index >= 15 is 0 Å². The molecule has 2 heterocycles. The maximum atomic E-state index is 12.0. The average molecular weight is 329 g/mol. The minimum atomic E-state index is 0. The number of carbonyl (C=O) groups is 1. The molecule has 2 unspecified atom stereocenters.